The SMILES string of the molecule is COC(=O)c1cccc(Cn2cc(C(=O)C(=O)NC3=CC(=O)OC3)c3ccccc32)c1. The summed E-state index contributed by atoms with van der Waals surface area (Å²) in [7, 11) is 1.32. The summed E-state index contributed by atoms with van der Waals surface area (Å²) in [5.74, 6) is -2.57. The summed E-state index contributed by atoms with van der Waals surface area (Å²) in [6, 6.07) is 14.2. The number of methoxy groups -OCH3 is 1. The van der Waals surface area contributed by atoms with E-state index in [4.69, 9.17) is 9.47 Å². The number of carbonyl (C=O) groups excluding carboxylic acids is 4. The first-order chi connectivity index (χ1) is 15.0. The van der Waals surface area contributed by atoms with Crippen molar-refractivity contribution in [3.8, 4) is 0 Å². The second-order valence-electron chi connectivity index (χ2n) is 6.94. The van der Waals surface area contributed by atoms with Crippen LogP contribution in [-0.4, -0.2) is 41.9 Å². The highest BCUT2D eigenvalue weighted by Crippen LogP contribution is 2.23. The number of rotatable bonds is 6. The van der Waals surface area contributed by atoms with Crippen LogP contribution >= 0.6 is 0 Å². The number of aromatic nitrogens is 1. The maximum Gasteiger partial charge on any atom is 0.337 e. The topological polar surface area (TPSA) is 104 Å². The van der Waals surface area contributed by atoms with E-state index in [0.29, 0.717) is 17.5 Å². The Hall–Kier alpha value is -4.20. The lowest BCUT2D eigenvalue weighted by Crippen LogP contribution is -2.31. The summed E-state index contributed by atoms with van der Waals surface area (Å²) in [5, 5.41) is 3.05. The highest BCUT2D eigenvalue weighted by atomic mass is 16.5. The van der Waals surface area contributed by atoms with E-state index >= 15 is 0 Å². The predicted molar refractivity (Wildman–Crippen MR) is 110 cm³/mol. The third-order valence-corrected chi connectivity index (χ3v) is 4.88. The molecule has 0 unspecified atom stereocenters. The Balaban J connectivity index is 1.64. The number of nitrogens with zero attached hydrogens (tertiary/aromatic N) is 1. The first-order valence-electron chi connectivity index (χ1n) is 9.44. The zero-order chi connectivity index (χ0) is 22.0. The van der Waals surface area contributed by atoms with Crippen LogP contribution in [-0.2, 0) is 25.6 Å². The number of para-hydroxylation sites is 1. The maximum atomic E-state index is 12.8. The van der Waals surface area contributed by atoms with Crippen molar-refractivity contribution in [1.29, 1.82) is 0 Å². The van der Waals surface area contributed by atoms with E-state index in [2.05, 4.69) is 5.32 Å². The molecule has 0 fully saturated rings. The Morgan fingerprint density at radius 3 is 2.68 bits per heavy atom. The van der Waals surface area contributed by atoms with Gasteiger partial charge >= 0.3 is 11.9 Å². The minimum atomic E-state index is -0.847. The van der Waals surface area contributed by atoms with Gasteiger partial charge in [-0.05, 0) is 23.8 Å². The largest absolute Gasteiger partial charge is 0.465 e. The number of ketones is 1. The van der Waals surface area contributed by atoms with Gasteiger partial charge < -0.3 is 19.4 Å². The smallest absolute Gasteiger partial charge is 0.337 e. The molecule has 3 aromatic rings. The molecule has 156 valence electrons. The van der Waals surface area contributed by atoms with Crippen LogP contribution in [0.2, 0.25) is 0 Å². The van der Waals surface area contributed by atoms with Crippen LogP contribution in [0.15, 0.2) is 66.5 Å². The molecule has 1 amide bonds. The molecule has 31 heavy (non-hydrogen) atoms. The van der Waals surface area contributed by atoms with Crippen molar-refractivity contribution in [3.63, 3.8) is 0 Å². The minimum Gasteiger partial charge on any atom is -0.465 e. The van der Waals surface area contributed by atoms with Crippen molar-refractivity contribution in [1.82, 2.24) is 9.88 Å². The van der Waals surface area contributed by atoms with E-state index in [1.165, 1.54) is 7.11 Å². The number of hydrogen-bond acceptors (Lipinski definition) is 6. The minimum absolute atomic E-state index is 0.0733. The number of cyclic esters (lactones) is 1. The van der Waals surface area contributed by atoms with Crippen molar-refractivity contribution < 1.29 is 28.7 Å². The fourth-order valence-electron chi connectivity index (χ4n) is 3.44. The van der Waals surface area contributed by atoms with Crippen molar-refractivity contribution in [3.05, 3.63) is 83.2 Å². The van der Waals surface area contributed by atoms with Gasteiger partial charge in [-0.15, -0.1) is 0 Å². The van der Waals surface area contributed by atoms with Crippen LogP contribution in [0, 0.1) is 0 Å². The molecule has 1 aliphatic rings. The Labute approximate surface area is 177 Å². The monoisotopic (exact) mass is 418 g/mol. The fourth-order valence-corrected chi connectivity index (χ4v) is 3.44. The number of carbonyl (C=O) groups is 4. The number of fused-ring (bicyclic) bond motifs is 1. The summed E-state index contributed by atoms with van der Waals surface area (Å²) in [4.78, 5) is 48.2. The lowest BCUT2D eigenvalue weighted by Gasteiger charge is -2.07. The van der Waals surface area contributed by atoms with E-state index in [9.17, 15) is 19.2 Å². The van der Waals surface area contributed by atoms with Crippen LogP contribution in [0.3, 0.4) is 0 Å². The van der Waals surface area contributed by atoms with E-state index in [1.54, 1.807) is 36.5 Å². The van der Waals surface area contributed by atoms with Gasteiger partial charge in [0, 0.05) is 29.7 Å². The van der Waals surface area contributed by atoms with E-state index in [0.717, 1.165) is 17.2 Å². The third-order valence-electron chi connectivity index (χ3n) is 4.88. The number of ether oxygens (including phenoxy) is 2. The molecule has 4 rings (SSSR count). The highest BCUT2D eigenvalue weighted by molar-refractivity contribution is 6.45. The van der Waals surface area contributed by atoms with Crippen molar-refractivity contribution in [2.24, 2.45) is 0 Å². The first-order valence-corrected chi connectivity index (χ1v) is 9.44. The maximum absolute atomic E-state index is 12.8. The fraction of sp³-hybridized carbons (Fsp3) is 0.130. The Kier molecular flexibility index (Phi) is 5.36. The van der Waals surface area contributed by atoms with Gasteiger partial charge in [0.05, 0.1) is 23.9 Å². The van der Waals surface area contributed by atoms with Crippen molar-refractivity contribution >= 4 is 34.5 Å². The van der Waals surface area contributed by atoms with E-state index < -0.39 is 23.6 Å². The molecule has 8 nitrogen and oxygen atoms in total. The normalized spacial score (nSPS) is 12.9. The number of amides is 1. The van der Waals surface area contributed by atoms with Crippen LogP contribution in [0.4, 0.5) is 0 Å². The summed E-state index contributed by atoms with van der Waals surface area (Å²) >= 11 is 0. The number of nitrogens with one attached hydrogen (secondary N) is 1. The first kappa shape index (κ1) is 20.1. The molecule has 0 saturated heterocycles. The lowest BCUT2D eigenvalue weighted by molar-refractivity contribution is -0.135. The third kappa shape index (κ3) is 4.09. The molecule has 0 aliphatic carbocycles. The Morgan fingerprint density at radius 1 is 1.13 bits per heavy atom. The number of hydrogen-bond donors (Lipinski definition) is 1. The van der Waals surface area contributed by atoms with Gasteiger partial charge in [-0.2, -0.15) is 0 Å². The summed E-state index contributed by atoms with van der Waals surface area (Å²) in [6.45, 7) is 0.309. The molecular formula is C23H18N2O6. The lowest BCUT2D eigenvalue weighted by atomic mass is 10.1. The van der Waals surface area contributed by atoms with Gasteiger partial charge in [-0.1, -0.05) is 30.3 Å². The quantitative estimate of drug-likeness (QED) is 0.374. The van der Waals surface area contributed by atoms with E-state index in [1.807, 2.05) is 22.8 Å². The zero-order valence-corrected chi connectivity index (χ0v) is 16.6. The average Bonchev–Trinajstić information content (AvgIpc) is 3.36. The van der Waals surface area contributed by atoms with E-state index in [-0.39, 0.29) is 17.9 Å². The predicted octanol–water partition coefficient (Wildman–Crippen LogP) is 2.22. The van der Waals surface area contributed by atoms with Gasteiger partial charge in [0.15, 0.2) is 0 Å². The molecule has 0 atom stereocenters. The van der Waals surface area contributed by atoms with Gasteiger partial charge in [-0.3, -0.25) is 9.59 Å². The molecule has 2 aromatic carbocycles. The number of esters is 2. The highest BCUT2D eigenvalue weighted by Gasteiger charge is 2.24. The molecule has 0 radical (unpaired) electrons. The summed E-state index contributed by atoms with van der Waals surface area (Å²) in [5.41, 5.74) is 2.50. The Morgan fingerprint density at radius 2 is 1.94 bits per heavy atom. The molecule has 8 heteroatoms. The summed E-state index contributed by atoms with van der Waals surface area (Å²) < 4.78 is 11.3. The number of Topliss-reactive ketones (excluding diaryl/α,β-unsaturated/α-hetero) is 1. The molecule has 1 aliphatic heterocycles. The molecule has 0 saturated carbocycles. The molecule has 0 bridgehead atoms. The van der Waals surface area contributed by atoms with Crippen LogP contribution < -0.4 is 5.32 Å². The zero-order valence-electron chi connectivity index (χ0n) is 16.6. The molecule has 0 spiro atoms. The number of benzene rings is 2. The standard InChI is InChI=1S/C23H18N2O6/c1-30-23(29)15-6-4-5-14(9-15)11-25-12-18(17-7-2-3-8-19(17)25)21(27)22(28)24-16-10-20(26)31-13-16/h2-10,12H,11,13H2,1H3,(H,24,28). The second-order valence-corrected chi connectivity index (χ2v) is 6.94. The van der Waals surface area contributed by atoms with Gasteiger partial charge in [0.25, 0.3) is 11.7 Å². The molecule has 1 aromatic heterocycles. The van der Waals surface area contributed by atoms with Crippen molar-refractivity contribution in [2.45, 2.75) is 6.54 Å². The Bertz CT molecular complexity index is 1250. The van der Waals surface area contributed by atoms with Crippen molar-refractivity contribution in [2.75, 3.05) is 13.7 Å². The second kappa shape index (κ2) is 8.27. The van der Waals surface area contributed by atoms with Crippen LogP contribution in [0.25, 0.3) is 10.9 Å². The van der Waals surface area contributed by atoms with Gasteiger partial charge in [0.1, 0.15) is 6.61 Å². The average molecular weight is 418 g/mol. The summed E-state index contributed by atoms with van der Waals surface area (Å²) in [6.07, 6.45) is 2.75. The molecule has 2 heterocycles. The molecular weight excluding hydrogens is 400 g/mol. The molecule has 1 N–H and O–H groups in total. The van der Waals surface area contributed by atoms with Crippen LogP contribution in [0.5, 0.6) is 0 Å². The van der Waals surface area contributed by atoms with Crippen LogP contribution in [0.1, 0.15) is 26.3 Å². The van der Waals surface area contributed by atoms with Gasteiger partial charge in [-0.25, -0.2) is 9.59 Å². The van der Waals surface area contributed by atoms with Gasteiger partial charge in [0.2, 0.25) is 0 Å².